The normalized spacial score (nSPS) is 28.4. The fourth-order valence-corrected chi connectivity index (χ4v) is 3.52. The van der Waals surface area contributed by atoms with Crippen molar-refractivity contribution < 1.29 is 14.3 Å². The highest BCUT2D eigenvalue weighted by molar-refractivity contribution is 6.29. The Hall–Kier alpha value is -1.84. The van der Waals surface area contributed by atoms with Crippen molar-refractivity contribution in [2.45, 2.75) is 25.6 Å². The van der Waals surface area contributed by atoms with Crippen molar-refractivity contribution in [2.24, 2.45) is 4.99 Å². The molecule has 3 aliphatic rings. The van der Waals surface area contributed by atoms with Crippen molar-refractivity contribution >= 4 is 29.5 Å². The number of carbonyl (C=O) groups excluding carboxylic acids is 2. The van der Waals surface area contributed by atoms with Gasteiger partial charge in [0.25, 0.3) is 5.91 Å². The molecule has 0 aromatic carbocycles. The van der Waals surface area contributed by atoms with Crippen LogP contribution in [0, 0.1) is 0 Å². The Bertz CT molecular complexity index is 630. The number of ether oxygens (including phenoxy) is 1. The zero-order chi connectivity index (χ0) is 19.4. The van der Waals surface area contributed by atoms with Gasteiger partial charge in [0.1, 0.15) is 6.17 Å². The number of guanidine groups is 1. The fraction of sp³-hybridized carbons (Fsp3) is 0.706. The fourth-order valence-electron chi connectivity index (χ4n) is 3.45. The number of urea groups is 1. The number of allylic oxidation sites excluding steroid dienone is 1. The standard InChI is InChI=1S/C17H27ClN6O3/c1-12(18)4-7-24-13-14(22(2)17(26)21-15(13)25)20-16(24)19-5-3-6-23-8-10-27-11-9-23/h4,13-14H,3,5-11H2,1-2H3,(H,19,20)(H,21,25,26)/b12-4-. The monoisotopic (exact) mass is 398 g/mol. The molecule has 3 fully saturated rings. The first kappa shape index (κ1) is 19.9. The molecule has 2 unspecified atom stereocenters. The molecule has 0 saturated carbocycles. The molecule has 0 bridgehead atoms. The molecular formula is C17H27ClN6O3. The van der Waals surface area contributed by atoms with Crippen molar-refractivity contribution in [3.63, 3.8) is 0 Å². The van der Waals surface area contributed by atoms with Crippen LogP contribution in [0.15, 0.2) is 16.1 Å². The topological polar surface area (TPSA) is 89.5 Å². The van der Waals surface area contributed by atoms with Crippen LogP contribution in [0.1, 0.15) is 13.3 Å². The van der Waals surface area contributed by atoms with Crippen molar-refractivity contribution in [3.05, 3.63) is 11.1 Å². The van der Waals surface area contributed by atoms with Gasteiger partial charge in [-0.3, -0.25) is 20.0 Å². The van der Waals surface area contributed by atoms with Crippen LogP contribution in [0.25, 0.3) is 0 Å². The van der Waals surface area contributed by atoms with Crippen LogP contribution < -0.4 is 10.6 Å². The number of nitrogens with one attached hydrogen (secondary N) is 2. The second-order valence-electron chi connectivity index (χ2n) is 6.90. The highest BCUT2D eigenvalue weighted by Gasteiger charge is 2.49. The molecule has 0 aromatic heterocycles. The maximum absolute atomic E-state index is 12.4. The van der Waals surface area contributed by atoms with E-state index in [0.29, 0.717) is 24.1 Å². The summed E-state index contributed by atoms with van der Waals surface area (Å²) in [4.78, 5) is 34.7. The van der Waals surface area contributed by atoms with Gasteiger partial charge in [0.05, 0.1) is 13.2 Å². The molecule has 10 heteroatoms. The SMILES string of the molecule is C/C(Cl)=C/CN1C(=NCCCN2CCOCC2)NC2C1C(=O)NC(=O)N2C. The molecule has 0 spiro atoms. The Balaban J connectivity index is 1.66. The largest absolute Gasteiger partial charge is 0.379 e. The number of halogens is 1. The minimum atomic E-state index is -0.530. The minimum absolute atomic E-state index is 0.324. The van der Waals surface area contributed by atoms with Gasteiger partial charge in [-0.1, -0.05) is 17.7 Å². The molecule has 3 aliphatic heterocycles. The molecule has 2 atom stereocenters. The number of amides is 3. The number of hydrogen-bond acceptors (Lipinski definition) is 5. The molecule has 0 radical (unpaired) electrons. The number of likely N-dealkylation sites (N-methyl/N-ethyl adjacent to an activating group) is 1. The molecule has 3 heterocycles. The molecular weight excluding hydrogens is 372 g/mol. The average molecular weight is 399 g/mol. The van der Waals surface area contributed by atoms with Crippen LogP contribution in [0.2, 0.25) is 0 Å². The van der Waals surface area contributed by atoms with Gasteiger partial charge in [-0.25, -0.2) is 4.79 Å². The second kappa shape index (κ2) is 8.90. The Morgan fingerprint density at radius 2 is 2.11 bits per heavy atom. The van der Waals surface area contributed by atoms with Gasteiger partial charge in [-0.15, -0.1) is 0 Å². The average Bonchev–Trinajstić information content (AvgIpc) is 3.01. The van der Waals surface area contributed by atoms with Crippen LogP contribution in [0.4, 0.5) is 4.79 Å². The Morgan fingerprint density at radius 1 is 1.37 bits per heavy atom. The zero-order valence-electron chi connectivity index (χ0n) is 15.8. The van der Waals surface area contributed by atoms with Gasteiger partial charge in [0.2, 0.25) is 0 Å². The van der Waals surface area contributed by atoms with Crippen LogP contribution in [0.5, 0.6) is 0 Å². The van der Waals surface area contributed by atoms with Crippen LogP contribution in [-0.4, -0.2) is 97.8 Å². The van der Waals surface area contributed by atoms with Crippen molar-refractivity contribution in [3.8, 4) is 0 Å². The quantitative estimate of drug-likeness (QED) is 0.612. The number of fused-ring (bicyclic) bond motifs is 1. The summed E-state index contributed by atoms with van der Waals surface area (Å²) < 4.78 is 5.36. The third-order valence-corrected chi connectivity index (χ3v) is 5.14. The lowest BCUT2D eigenvalue weighted by Crippen LogP contribution is -2.64. The van der Waals surface area contributed by atoms with E-state index >= 15 is 0 Å². The van der Waals surface area contributed by atoms with E-state index in [9.17, 15) is 9.59 Å². The molecule has 2 N–H and O–H groups in total. The smallest absolute Gasteiger partial charge is 0.325 e. The summed E-state index contributed by atoms with van der Waals surface area (Å²) in [5, 5.41) is 6.26. The summed E-state index contributed by atoms with van der Waals surface area (Å²) in [5.74, 6) is 0.299. The molecule has 150 valence electrons. The number of morpholine rings is 1. The predicted molar refractivity (Wildman–Crippen MR) is 103 cm³/mol. The lowest BCUT2D eigenvalue weighted by molar-refractivity contribution is -0.126. The molecule has 0 aliphatic carbocycles. The summed E-state index contributed by atoms with van der Waals surface area (Å²) in [5.41, 5.74) is 0. The van der Waals surface area contributed by atoms with Gasteiger partial charge in [-0.2, -0.15) is 0 Å². The van der Waals surface area contributed by atoms with Gasteiger partial charge in [0, 0.05) is 44.8 Å². The third kappa shape index (κ3) is 4.72. The first-order chi connectivity index (χ1) is 13.0. The van der Waals surface area contributed by atoms with E-state index in [1.807, 2.05) is 11.0 Å². The van der Waals surface area contributed by atoms with E-state index in [-0.39, 0.29) is 5.91 Å². The molecule has 3 rings (SSSR count). The lowest BCUT2D eigenvalue weighted by Gasteiger charge is -2.35. The number of hydrogen-bond donors (Lipinski definition) is 2. The Kier molecular flexibility index (Phi) is 6.56. The molecule has 0 aromatic rings. The van der Waals surface area contributed by atoms with E-state index in [1.165, 1.54) is 4.90 Å². The van der Waals surface area contributed by atoms with Gasteiger partial charge in [-0.05, 0) is 13.3 Å². The highest BCUT2D eigenvalue weighted by atomic mass is 35.5. The Morgan fingerprint density at radius 3 is 2.81 bits per heavy atom. The van der Waals surface area contributed by atoms with Gasteiger partial charge in [0.15, 0.2) is 12.0 Å². The van der Waals surface area contributed by atoms with Crippen LogP contribution in [0.3, 0.4) is 0 Å². The minimum Gasteiger partial charge on any atom is -0.379 e. The number of rotatable bonds is 6. The summed E-state index contributed by atoms with van der Waals surface area (Å²) in [6.45, 7) is 7.32. The van der Waals surface area contributed by atoms with E-state index in [1.54, 1.807) is 14.0 Å². The van der Waals surface area contributed by atoms with Crippen LogP contribution in [-0.2, 0) is 9.53 Å². The van der Waals surface area contributed by atoms with Crippen molar-refractivity contribution in [1.29, 1.82) is 0 Å². The van der Waals surface area contributed by atoms with Crippen molar-refractivity contribution in [2.75, 3.05) is 53.0 Å². The lowest BCUT2D eigenvalue weighted by atomic mass is 10.1. The van der Waals surface area contributed by atoms with E-state index < -0.39 is 18.2 Å². The molecule has 3 saturated heterocycles. The maximum Gasteiger partial charge on any atom is 0.325 e. The zero-order valence-corrected chi connectivity index (χ0v) is 16.5. The van der Waals surface area contributed by atoms with E-state index in [4.69, 9.17) is 16.3 Å². The number of nitrogens with zero attached hydrogens (tertiary/aromatic N) is 4. The van der Waals surface area contributed by atoms with Crippen LogP contribution >= 0.6 is 11.6 Å². The summed E-state index contributed by atoms with van der Waals surface area (Å²) in [6, 6.07) is -0.940. The summed E-state index contributed by atoms with van der Waals surface area (Å²) >= 11 is 5.97. The molecule has 27 heavy (non-hydrogen) atoms. The maximum atomic E-state index is 12.4. The highest BCUT2D eigenvalue weighted by Crippen LogP contribution is 2.21. The van der Waals surface area contributed by atoms with Crippen molar-refractivity contribution in [1.82, 2.24) is 25.3 Å². The number of aliphatic imine (C=N–C) groups is 1. The summed E-state index contributed by atoms with van der Waals surface area (Å²) in [7, 11) is 1.66. The molecule has 9 nitrogen and oxygen atoms in total. The summed E-state index contributed by atoms with van der Waals surface area (Å²) in [6.07, 6.45) is 2.31. The number of carbonyl (C=O) groups is 2. The first-order valence-corrected chi connectivity index (χ1v) is 9.63. The van der Waals surface area contributed by atoms with Gasteiger partial charge < -0.3 is 19.9 Å². The van der Waals surface area contributed by atoms with Gasteiger partial charge >= 0.3 is 6.03 Å². The second-order valence-corrected chi connectivity index (χ2v) is 7.49. The Labute approximate surface area is 164 Å². The number of imide groups is 1. The predicted octanol–water partition coefficient (Wildman–Crippen LogP) is -0.0112. The first-order valence-electron chi connectivity index (χ1n) is 9.25. The third-order valence-electron chi connectivity index (χ3n) is 4.99. The van der Waals surface area contributed by atoms with E-state index in [2.05, 4.69) is 20.5 Å². The molecule has 3 amide bonds. The van der Waals surface area contributed by atoms with E-state index in [0.717, 1.165) is 39.3 Å².